The van der Waals surface area contributed by atoms with Gasteiger partial charge in [-0.15, -0.1) is 0 Å². The van der Waals surface area contributed by atoms with Gasteiger partial charge >= 0.3 is 0 Å². The minimum atomic E-state index is -0.566. The van der Waals surface area contributed by atoms with Gasteiger partial charge in [-0.05, 0) is 37.3 Å². The lowest BCUT2D eigenvalue weighted by Crippen LogP contribution is -2.34. The monoisotopic (exact) mass is 370 g/mol. The molecule has 2 aromatic carbocycles. The topological polar surface area (TPSA) is 123 Å². The predicted molar refractivity (Wildman–Crippen MR) is 98.8 cm³/mol. The van der Waals surface area contributed by atoms with Gasteiger partial charge in [0.25, 0.3) is 17.5 Å². The molecule has 0 atom stereocenters. The van der Waals surface area contributed by atoms with Crippen molar-refractivity contribution in [3.8, 4) is 5.75 Å². The Labute approximate surface area is 155 Å². The summed E-state index contributed by atoms with van der Waals surface area (Å²) < 4.78 is 5.29. The van der Waals surface area contributed by atoms with Crippen LogP contribution in [0.1, 0.15) is 22.8 Å². The summed E-state index contributed by atoms with van der Waals surface area (Å²) in [6.07, 6.45) is 1.17. The number of carbonyl (C=O) groups is 2. The van der Waals surface area contributed by atoms with E-state index in [4.69, 9.17) is 4.74 Å². The smallest absolute Gasteiger partial charge is 0.278 e. The van der Waals surface area contributed by atoms with Crippen LogP contribution in [0.4, 0.5) is 5.69 Å². The molecular formula is C18H18N4O5. The van der Waals surface area contributed by atoms with Crippen LogP contribution in [-0.4, -0.2) is 36.1 Å². The summed E-state index contributed by atoms with van der Waals surface area (Å²) in [5, 5.41) is 17.0. The lowest BCUT2D eigenvalue weighted by molar-refractivity contribution is -0.385. The molecule has 140 valence electrons. The Morgan fingerprint density at radius 2 is 1.89 bits per heavy atom. The molecule has 0 bridgehead atoms. The molecule has 2 rings (SSSR count). The predicted octanol–water partition coefficient (Wildman–Crippen LogP) is 1.87. The number of ether oxygens (including phenoxy) is 1. The molecule has 0 saturated heterocycles. The molecule has 0 fully saturated rings. The lowest BCUT2D eigenvalue weighted by atomic mass is 10.2. The number of hydrazone groups is 1. The van der Waals surface area contributed by atoms with Crippen molar-refractivity contribution in [2.75, 3.05) is 13.2 Å². The molecule has 27 heavy (non-hydrogen) atoms. The lowest BCUT2D eigenvalue weighted by Gasteiger charge is -2.06. The Kier molecular flexibility index (Phi) is 7.00. The summed E-state index contributed by atoms with van der Waals surface area (Å²) in [6.45, 7) is 2.09. The van der Waals surface area contributed by atoms with E-state index in [9.17, 15) is 19.7 Å². The molecule has 0 aliphatic rings. The molecular weight excluding hydrogens is 352 g/mol. The highest BCUT2D eigenvalue weighted by atomic mass is 16.6. The molecule has 9 heteroatoms. The van der Waals surface area contributed by atoms with Crippen LogP contribution < -0.4 is 15.5 Å². The molecule has 2 aromatic rings. The number of rotatable bonds is 8. The van der Waals surface area contributed by atoms with Crippen LogP contribution in [0.15, 0.2) is 53.6 Å². The van der Waals surface area contributed by atoms with Crippen molar-refractivity contribution in [1.29, 1.82) is 0 Å². The first kappa shape index (κ1) is 19.6. The number of nitro benzene ring substituents is 1. The maximum Gasteiger partial charge on any atom is 0.278 e. The number of nitrogens with zero attached hydrogens (tertiary/aromatic N) is 2. The van der Waals surface area contributed by atoms with Crippen LogP contribution in [0.5, 0.6) is 5.75 Å². The van der Waals surface area contributed by atoms with Crippen molar-refractivity contribution in [3.05, 3.63) is 69.8 Å². The van der Waals surface area contributed by atoms with Crippen LogP contribution in [0.25, 0.3) is 0 Å². The zero-order valence-corrected chi connectivity index (χ0v) is 14.5. The van der Waals surface area contributed by atoms with Gasteiger partial charge in [-0.25, -0.2) is 5.43 Å². The van der Waals surface area contributed by atoms with Gasteiger partial charge < -0.3 is 10.1 Å². The van der Waals surface area contributed by atoms with Crippen molar-refractivity contribution in [2.45, 2.75) is 6.92 Å². The zero-order chi connectivity index (χ0) is 19.6. The fourth-order valence-electron chi connectivity index (χ4n) is 2.11. The first-order valence-corrected chi connectivity index (χ1v) is 8.07. The highest BCUT2D eigenvalue weighted by Gasteiger charge is 2.10. The standard InChI is InChI=1S/C18H18N4O5/c1-2-27-15-9-7-13(8-10-15)18(24)19-12-17(23)21-20-11-14-5-3-4-6-16(14)22(25)26/h3-11H,2,12H2,1H3,(H,19,24)(H,21,23)/b20-11-. The Balaban J connectivity index is 1.84. The van der Waals surface area contributed by atoms with Gasteiger partial charge in [0.15, 0.2) is 0 Å². The van der Waals surface area contributed by atoms with Crippen LogP contribution in [-0.2, 0) is 4.79 Å². The number of nitrogens with one attached hydrogen (secondary N) is 2. The first-order valence-electron chi connectivity index (χ1n) is 8.07. The zero-order valence-electron chi connectivity index (χ0n) is 14.5. The van der Waals surface area contributed by atoms with E-state index in [1.54, 1.807) is 30.3 Å². The van der Waals surface area contributed by atoms with Crippen molar-refractivity contribution in [3.63, 3.8) is 0 Å². The Hall–Kier alpha value is -3.75. The molecule has 0 unspecified atom stereocenters. The van der Waals surface area contributed by atoms with Gasteiger partial charge in [0, 0.05) is 11.6 Å². The second-order valence-corrected chi connectivity index (χ2v) is 5.25. The van der Waals surface area contributed by atoms with E-state index in [0.717, 1.165) is 0 Å². The Morgan fingerprint density at radius 1 is 1.19 bits per heavy atom. The van der Waals surface area contributed by atoms with Gasteiger partial charge in [0.05, 0.1) is 29.9 Å². The van der Waals surface area contributed by atoms with E-state index < -0.39 is 16.7 Å². The fraction of sp³-hybridized carbons (Fsp3) is 0.167. The molecule has 0 saturated carbocycles. The minimum absolute atomic E-state index is 0.126. The third kappa shape index (κ3) is 5.92. The number of benzene rings is 2. The molecule has 0 aromatic heterocycles. The number of amides is 2. The summed E-state index contributed by atoms with van der Waals surface area (Å²) in [7, 11) is 0. The molecule has 0 radical (unpaired) electrons. The second kappa shape index (κ2) is 9.66. The van der Waals surface area contributed by atoms with E-state index in [-0.39, 0.29) is 17.8 Å². The second-order valence-electron chi connectivity index (χ2n) is 5.25. The summed E-state index contributed by atoms with van der Waals surface area (Å²) in [6, 6.07) is 12.5. The van der Waals surface area contributed by atoms with Gasteiger partial charge in [-0.1, -0.05) is 12.1 Å². The van der Waals surface area contributed by atoms with Crippen LogP contribution in [0.2, 0.25) is 0 Å². The van der Waals surface area contributed by atoms with Crippen molar-refractivity contribution in [1.82, 2.24) is 10.7 Å². The summed E-state index contributed by atoms with van der Waals surface area (Å²) in [4.78, 5) is 34.1. The number of hydrogen-bond donors (Lipinski definition) is 2. The quantitative estimate of drug-likeness (QED) is 0.417. The fourth-order valence-corrected chi connectivity index (χ4v) is 2.11. The number of carbonyl (C=O) groups excluding carboxylic acids is 2. The average molecular weight is 370 g/mol. The van der Waals surface area contributed by atoms with E-state index in [1.807, 2.05) is 6.92 Å². The van der Waals surface area contributed by atoms with Crippen molar-refractivity contribution >= 4 is 23.7 Å². The molecule has 9 nitrogen and oxygen atoms in total. The molecule has 0 aliphatic heterocycles. The Morgan fingerprint density at radius 3 is 2.56 bits per heavy atom. The van der Waals surface area contributed by atoms with Gasteiger partial charge in [-0.3, -0.25) is 19.7 Å². The summed E-state index contributed by atoms with van der Waals surface area (Å²) in [5.74, 6) is -0.337. The van der Waals surface area contributed by atoms with E-state index in [0.29, 0.717) is 17.9 Å². The van der Waals surface area contributed by atoms with Crippen LogP contribution in [0, 0.1) is 10.1 Å². The van der Waals surface area contributed by atoms with Gasteiger partial charge in [-0.2, -0.15) is 5.10 Å². The average Bonchev–Trinajstić information content (AvgIpc) is 2.67. The molecule has 0 aliphatic carbocycles. The van der Waals surface area contributed by atoms with Crippen molar-refractivity contribution in [2.24, 2.45) is 5.10 Å². The van der Waals surface area contributed by atoms with E-state index in [1.165, 1.54) is 24.4 Å². The number of hydrogen-bond acceptors (Lipinski definition) is 6. The summed E-state index contributed by atoms with van der Waals surface area (Å²) in [5.41, 5.74) is 2.71. The largest absolute Gasteiger partial charge is 0.494 e. The van der Waals surface area contributed by atoms with Crippen LogP contribution >= 0.6 is 0 Å². The normalized spacial score (nSPS) is 10.4. The highest BCUT2D eigenvalue weighted by Crippen LogP contribution is 2.15. The van der Waals surface area contributed by atoms with Gasteiger partial charge in [0.1, 0.15) is 5.75 Å². The summed E-state index contributed by atoms with van der Waals surface area (Å²) >= 11 is 0. The van der Waals surface area contributed by atoms with Gasteiger partial charge in [0.2, 0.25) is 0 Å². The van der Waals surface area contributed by atoms with E-state index in [2.05, 4.69) is 15.8 Å². The molecule has 2 N–H and O–H groups in total. The van der Waals surface area contributed by atoms with E-state index >= 15 is 0 Å². The first-order chi connectivity index (χ1) is 13.0. The third-order valence-corrected chi connectivity index (χ3v) is 3.36. The van der Waals surface area contributed by atoms with Crippen LogP contribution in [0.3, 0.4) is 0 Å². The van der Waals surface area contributed by atoms with Crippen molar-refractivity contribution < 1.29 is 19.2 Å². The molecule has 2 amide bonds. The maximum absolute atomic E-state index is 12.0. The number of nitro groups is 1. The minimum Gasteiger partial charge on any atom is -0.494 e. The highest BCUT2D eigenvalue weighted by molar-refractivity contribution is 5.96. The Bertz CT molecular complexity index is 849. The molecule has 0 heterocycles. The third-order valence-electron chi connectivity index (χ3n) is 3.36. The number of para-hydroxylation sites is 1. The molecule has 0 spiro atoms. The maximum atomic E-state index is 12.0. The SMILES string of the molecule is CCOc1ccc(C(=O)NCC(=O)N/N=C\c2ccccc2[N+](=O)[O-])cc1.